The minimum atomic E-state index is -0.630. The van der Waals surface area contributed by atoms with Gasteiger partial charge in [0.15, 0.2) is 0 Å². The van der Waals surface area contributed by atoms with Crippen molar-refractivity contribution in [3.8, 4) is 11.4 Å². The zero-order valence-electron chi connectivity index (χ0n) is 11.7. The summed E-state index contributed by atoms with van der Waals surface area (Å²) in [5, 5.41) is 22.7. The molecule has 3 rings (SSSR count). The van der Waals surface area contributed by atoms with E-state index in [1.807, 2.05) is 35.2 Å². The molecule has 2 N–H and O–H groups in total. The SMILES string of the molecule is OCC(O)C1CCN(c2nc(-c3ccccc3)no2)CC1. The van der Waals surface area contributed by atoms with Gasteiger partial charge in [-0.2, -0.15) is 4.98 Å². The van der Waals surface area contributed by atoms with Crippen molar-refractivity contribution in [2.24, 2.45) is 5.92 Å². The molecule has 1 saturated heterocycles. The van der Waals surface area contributed by atoms with Crippen LogP contribution in [0, 0.1) is 5.92 Å². The van der Waals surface area contributed by atoms with Crippen molar-refractivity contribution in [1.82, 2.24) is 10.1 Å². The number of nitrogens with zero attached hydrogens (tertiary/aromatic N) is 3. The van der Waals surface area contributed by atoms with Crippen molar-refractivity contribution in [1.29, 1.82) is 0 Å². The highest BCUT2D eigenvalue weighted by Gasteiger charge is 2.27. The second-order valence-corrected chi connectivity index (χ2v) is 5.34. The zero-order valence-corrected chi connectivity index (χ0v) is 11.7. The molecule has 1 aliphatic heterocycles. The summed E-state index contributed by atoms with van der Waals surface area (Å²) in [4.78, 5) is 6.46. The van der Waals surface area contributed by atoms with Crippen LogP contribution in [0.3, 0.4) is 0 Å². The predicted molar refractivity (Wildman–Crippen MR) is 77.8 cm³/mol. The van der Waals surface area contributed by atoms with Gasteiger partial charge in [-0.3, -0.25) is 0 Å². The van der Waals surface area contributed by atoms with Crippen molar-refractivity contribution in [2.45, 2.75) is 18.9 Å². The molecule has 6 nitrogen and oxygen atoms in total. The number of aliphatic hydroxyl groups is 2. The molecule has 0 bridgehead atoms. The number of rotatable bonds is 4. The third kappa shape index (κ3) is 3.06. The van der Waals surface area contributed by atoms with Gasteiger partial charge in [-0.1, -0.05) is 35.5 Å². The van der Waals surface area contributed by atoms with Crippen LogP contribution in [-0.2, 0) is 0 Å². The van der Waals surface area contributed by atoms with E-state index in [2.05, 4.69) is 10.1 Å². The molecule has 1 fully saturated rings. The molecule has 0 aliphatic carbocycles. The zero-order chi connectivity index (χ0) is 14.7. The first-order valence-corrected chi connectivity index (χ1v) is 7.21. The molecule has 0 saturated carbocycles. The molecule has 21 heavy (non-hydrogen) atoms. The quantitative estimate of drug-likeness (QED) is 0.883. The Morgan fingerprint density at radius 1 is 1.24 bits per heavy atom. The van der Waals surface area contributed by atoms with Crippen molar-refractivity contribution >= 4 is 6.01 Å². The second-order valence-electron chi connectivity index (χ2n) is 5.34. The number of benzene rings is 1. The maximum atomic E-state index is 9.67. The summed E-state index contributed by atoms with van der Waals surface area (Å²) in [5.74, 6) is 0.728. The summed E-state index contributed by atoms with van der Waals surface area (Å²) in [6.45, 7) is 1.32. The van der Waals surface area contributed by atoms with Gasteiger partial charge in [0.05, 0.1) is 12.7 Å². The van der Waals surface area contributed by atoms with Gasteiger partial charge < -0.3 is 19.6 Å². The Bertz CT molecular complexity index is 565. The number of hydrogen-bond donors (Lipinski definition) is 2. The average molecular weight is 289 g/mol. The van der Waals surface area contributed by atoms with E-state index in [0.29, 0.717) is 11.8 Å². The Hall–Kier alpha value is -1.92. The van der Waals surface area contributed by atoms with E-state index in [1.165, 1.54) is 0 Å². The van der Waals surface area contributed by atoms with Crippen molar-refractivity contribution in [3.63, 3.8) is 0 Å². The van der Waals surface area contributed by atoms with E-state index >= 15 is 0 Å². The second kappa shape index (κ2) is 6.24. The third-order valence-corrected chi connectivity index (χ3v) is 3.99. The van der Waals surface area contributed by atoms with Crippen molar-refractivity contribution < 1.29 is 14.7 Å². The molecular formula is C15H19N3O3. The maximum absolute atomic E-state index is 9.67. The summed E-state index contributed by atoms with van der Waals surface area (Å²) >= 11 is 0. The Kier molecular flexibility index (Phi) is 4.17. The molecule has 112 valence electrons. The van der Waals surface area contributed by atoms with E-state index < -0.39 is 6.10 Å². The van der Waals surface area contributed by atoms with Crippen molar-refractivity contribution in [2.75, 3.05) is 24.6 Å². The molecule has 1 aliphatic rings. The third-order valence-electron chi connectivity index (χ3n) is 3.99. The first-order valence-electron chi connectivity index (χ1n) is 7.21. The number of aromatic nitrogens is 2. The fraction of sp³-hybridized carbons (Fsp3) is 0.467. The molecule has 1 aromatic heterocycles. The molecular weight excluding hydrogens is 270 g/mol. The van der Waals surface area contributed by atoms with Crippen LogP contribution in [0.5, 0.6) is 0 Å². The molecule has 2 heterocycles. The Labute approximate surface area is 123 Å². The fourth-order valence-corrected chi connectivity index (χ4v) is 2.67. The van der Waals surface area contributed by atoms with Crippen LogP contribution in [0.1, 0.15) is 12.8 Å². The maximum Gasteiger partial charge on any atom is 0.324 e. The fourth-order valence-electron chi connectivity index (χ4n) is 2.67. The molecule has 2 aromatic rings. The van der Waals surface area contributed by atoms with Crippen LogP contribution in [0.25, 0.3) is 11.4 Å². The Balaban J connectivity index is 1.66. The van der Waals surface area contributed by atoms with E-state index in [-0.39, 0.29) is 12.5 Å². The lowest BCUT2D eigenvalue weighted by Crippen LogP contribution is -2.39. The number of piperidine rings is 1. The smallest absolute Gasteiger partial charge is 0.324 e. The predicted octanol–water partition coefficient (Wildman–Crippen LogP) is 1.31. The van der Waals surface area contributed by atoms with Crippen LogP contribution in [0.15, 0.2) is 34.9 Å². The number of aliphatic hydroxyl groups excluding tert-OH is 2. The molecule has 1 unspecified atom stereocenters. The van der Waals surface area contributed by atoms with Gasteiger partial charge in [0.1, 0.15) is 0 Å². The van der Waals surface area contributed by atoms with E-state index in [1.54, 1.807) is 0 Å². The van der Waals surface area contributed by atoms with Crippen LogP contribution in [-0.4, -0.2) is 46.2 Å². The van der Waals surface area contributed by atoms with Gasteiger partial charge in [0.25, 0.3) is 0 Å². The highest BCUT2D eigenvalue weighted by molar-refractivity contribution is 5.55. The first kappa shape index (κ1) is 14.0. The molecule has 6 heteroatoms. The van der Waals surface area contributed by atoms with E-state index in [0.717, 1.165) is 31.5 Å². The molecule has 1 aromatic carbocycles. The molecule has 0 amide bonds. The summed E-state index contributed by atoms with van der Waals surface area (Å²) in [6, 6.07) is 10.2. The molecule has 0 radical (unpaired) electrons. The van der Waals surface area contributed by atoms with Gasteiger partial charge in [0.2, 0.25) is 5.82 Å². The van der Waals surface area contributed by atoms with Crippen LogP contribution < -0.4 is 4.90 Å². The molecule has 1 atom stereocenters. The van der Waals surface area contributed by atoms with Gasteiger partial charge in [0, 0.05) is 18.7 Å². The Morgan fingerprint density at radius 3 is 2.62 bits per heavy atom. The highest BCUT2D eigenvalue weighted by atomic mass is 16.5. The average Bonchev–Trinajstić information content (AvgIpc) is 3.05. The summed E-state index contributed by atoms with van der Waals surface area (Å²) in [6.07, 6.45) is 0.991. The van der Waals surface area contributed by atoms with Gasteiger partial charge in [-0.15, -0.1) is 0 Å². The van der Waals surface area contributed by atoms with Gasteiger partial charge in [-0.25, -0.2) is 0 Å². The normalized spacial score (nSPS) is 17.9. The summed E-state index contributed by atoms with van der Waals surface area (Å²) in [7, 11) is 0. The number of hydrogen-bond acceptors (Lipinski definition) is 6. The lowest BCUT2D eigenvalue weighted by atomic mass is 9.92. The summed E-state index contributed by atoms with van der Waals surface area (Å²) in [5.41, 5.74) is 0.929. The highest BCUT2D eigenvalue weighted by Crippen LogP contribution is 2.26. The van der Waals surface area contributed by atoms with E-state index in [9.17, 15) is 5.11 Å². The minimum absolute atomic E-state index is 0.141. The number of anilines is 1. The molecule has 0 spiro atoms. The summed E-state index contributed by atoms with van der Waals surface area (Å²) < 4.78 is 5.33. The Morgan fingerprint density at radius 2 is 1.95 bits per heavy atom. The van der Waals surface area contributed by atoms with Crippen LogP contribution >= 0.6 is 0 Å². The van der Waals surface area contributed by atoms with Crippen LogP contribution in [0.2, 0.25) is 0 Å². The topological polar surface area (TPSA) is 82.6 Å². The van der Waals surface area contributed by atoms with Crippen LogP contribution in [0.4, 0.5) is 6.01 Å². The largest absolute Gasteiger partial charge is 0.394 e. The lowest BCUT2D eigenvalue weighted by Gasteiger charge is -2.32. The monoisotopic (exact) mass is 289 g/mol. The van der Waals surface area contributed by atoms with Gasteiger partial charge in [-0.05, 0) is 18.8 Å². The van der Waals surface area contributed by atoms with Crippen molar-refractivity contribution in [3.05, 3.63) is 30.3 Å². The lowest BCUT2D eigenvalue weighted by molar-refractivity contribution is 0.0372. The first-order chi connectivity index (χ1) is 10.3. The minimum Gasteiger partial charge on any atom is -0.394 e. The van der Waals surface area contributed by atoms with E-state index in [4.69, 9.17) is 9.63 Å². The van der Waals surface area contributed by atoms with Gasteiger partial charge >= 0.3 is 6.01 Å². The standard InChI is InChI=1S/C15H19N3O3/c19-10-13(20)11-6-8-18(9-7-11)15-16-14(17-21-15)12-4-2-1-3-5-12/h1-5,11,13,19-20H,6-10H2.